The highest BCUT2D eigenvalue weighted by atomic mass is 32.1. The third-order valence-electron chi connectivity index (χ3n) is 2.29. The van der Waals surface area contributed by atoms with Crippen LogP contribution in [0.15, 0.2) is 29.6 Å². The first-order chi connectivity index (χ1) is 7.58. The predicted molar refractivity (Wildman–Crippen MR) is 63.1 cm³/mol. The second-order valence-corrected chi connectivity index (χ2v) is 4.60. The Hall–Kier alpha value is -1.81. The van der Waals surface area contributed by atoms with Crippen LogP contribution in [0, 0.1) is 6.92 Å². The molecule has 0 bridgehead atoms. The van der Waals surface area contributed by atoms with E-state index in [9.17, 15) is 9.90 Å². The molecule has 82 valence electrons. The van der Waals surface area contributed by atoms with Gasteiger partial charge in [0, 0.05) is 4.88 Å². The van der Waals surface area contributed by atoms with E-state index in [1.54, 1.807) is 17.4 Å². The van der Waals surface area contributed by atoms with Crippen LogP contribution >= 0.6 is 11.3 Å². The number of aromatic hydroxyl groups is 1. The van der Waals surface area contributed by atoms with Crippen LogP contribution in [0.1, 0.15) is 15.2 Å². The molecule has 0 fully saturated rings. The molecule has 0 saturated heterocycles. The third kappa shape index (κ3) is 1.92. The quantitative estimate of drug-likeness (QED) is 0.839. The number of thiophene rings is 1. The van der Waals surface area contributed by atoms with Gasteiger partial charge in [-0.15, -0.1) is 11.3 Å². The van der Waals surface area contributed by atoms with Gasteiger partial charge in [-0.1, -0.05) is 6.07 Å². The molecule has 0 aliphatic rings. The zero-order valence-electron chi connectivity index (χ0n) is 8.60. The lowest BCUT2D eigenvalue weighted by molar-refractivity contribution is 0.0694. The van der Waals surface area contributed by atoms with Crippen LogP contribution in [0.3, 0.4) is 0 Å². The van der Waals surface area contributed by atoms with Crippen LogP contribution < -0.4 is 0 Å². The summed E-state index contributed by atoms with van der Waals surface area (Å²) in [4.78, 5) is 12.0. The molecule has 0 aliphatic carbocycles. The summed E-state index contributed by atoms with van der Waals surface area (Å²) in [6, 6.07) is 6.59. The zero-order valence-corrected chi connectivity index (χ0v) is 9.41. The summed E-state index contributed by atoms with van der Waals surface area (Å²) in [5, 5.41) is 20.2. The Morgan fingerprint density at radius 3 is 2.56 bits per heavy atom. The number of carboxylic acids is 1. The molecule has 1 heterocycles. The molecule has 2 N–H and O–H groups in total. The SMILES string of the molecule is Cc1cc(-c2ccc(O)c(C(=O)O)c2)cs1. The van der Waals surface area contributed by atoms with Crippen LogP contribution in [0.4, 0.5) is 0 Å². The molecule has 4 heteroatoms. The minimum Gasteiger partial charge on any atom is -0.507 e. The fourth-order valence-electron chi connectivity index (χ4n) is 1.48. The number of hydrogen-bond donors (Lipinski definition) is 2. The van der Waals surface area contributed by atoms with Gasteiger partial charge < -0.3 is 10.2 Å². The third-order valence-corrected chi connectivity index (χ3v) is 3.15. The molecule has 0 aliphatic heterocycles. The van der Waals surface area contributed by atoms with Crippen molar-refractivity contribution >= 4 is 17.3 Å². The fourth-order valence-corrected chi connectivity index (χ4v) is 2.19. The van der Waals surface area contributed by atoms with Crippen LogP contribution in [0.2, 0.25) is 0 Å². The molecule has 16 heavy (non-hydrogen) atoms. The van der Waals surface area contributed by atoms with Crippen LogP contribution in [-0.2, 0) is 0 Å². The minimum absolute atomic E-state index is 0.0682. The van der Waals surface area contributed by atoms with Crippen molar-refractivity contribution in [2.45, 2.75) is 6.92 Å². The minimum atomic E-state index is -1.12. The molecule has 0 atom stereocenters. The monoisotopic (exact) mass is 234 g/mol. The molecule has 2 aromatic rings. The van der Waals surface area contributed by atoms with Gasteiger partial charge in [-0.05, 0) is 41.6 Å². The van der Waals surface area contributed by atoms with Gasteiger partial charge in [-0.3, -0.25) is 0 Å². The second-order valence-electron chi connectivity index (χ2n) is 3.48. The van der Waals surface area contributed by atoms with Crippen molar-refractivity contribution in [2.75, 3.05) is 0 Å². The summed E-state index contributed by atoms with van der Waals surface area (Å²) in [7, 11) is 0. The summed E-state index contributed by atoms with van der Waals surface area (Å²) in [5.74, 6) is -1.32. The van der Waals surface area contributed by atoms with Gasteiger partial charge in [0.15, 0.2) is 0 Å². The van der Waals surface area contributed by atoms with Gasteiger partial charge in [0.25, 0.3) is 0 Å². The predicted octanol–water partition coefficient (Wildman–Crippen LogP) is 3.13. The van der Waals surface area contributed by atoms with Crippen LogP contribution in [0.25, 0.3) is 11.1 Å². The smallest absolute Gasteiger partial charge is 0.339 e. The second kappa shape index (κ2) is 3.98. The van der Waals surface area contributed by atoms with Gasteiger partial charge >= 0.3 is 5.97 Å². The molecule has 0 spiro atoms. The largest absolute Gasteiger partial charge is 0.507 e. The van der Waals surface area contributed by atoms with Crippen LogP contribution in [0.5, 0.6) is 5.75 Å². The highest BCUT2D eigenvalue weighted by Crippen LogP contribution is 2.29. The molecule has 0 unspecified atom stereocenters. The van der Waals surface area contributed by atoms with Crippen LogP contribution in [-0.4, -0.2) is 16.2 Å². The Morgan fingerprint density at radius 1 is 1.25 bits per heavy atom. The van der Waals surface area contributed by atoms with Crippen molar-refractivity contribution in [1.82, 2.24) is 0 Å². The number of aromatic carboxylic acids is 1. The maximum absolute atomic E-state index is 10.9. The van der Waals surface area contributed by atoms with Crippen molar-refractivity contribution in [3.63, 3.8) is 0 Å². The number of aryl methyl sites for hydroxylation is 1. The average Bonchev–Trinajstić information content (AvgIpc) is 2.65. The van der Waals surface area contributed by atoms with E-state index < -0.39 is 5.97 Å². The lowest BCUT2D eigenvalue weighted by Crippen LogP contribution is -1.96. The summed E-state index contributed by atoms with van der Waals surface area (Å²) < 4.78 is 0. The first kappa shape index (κ1) is 10.7. The first-order valence-electron chi connectivity index (χ1n) is 4.70. The number of phenols is 1. The number of carbonyl (C=O) groups is 1. The number of benzene rings is 1. The summed E-state index contributed by atoms with van der Waals surface area (Å²) in [6.45, 7) is 1.99. The zero-order chi connectivity index (χ0) is 11.7. The van der Waals surface area contributed by atoms with Gasteiger partial charge in [-0.2, -0.15) is 0 Å². The normalized spacial score (nSPS) is 10.3. The number of hydrogen-bond acceptors (Lipinski definition) is 3. The Morgan fingerprint density at radius 2 is 2.00 bits per heavy atom. The van der Waals surface area contributed by atoms with Crippen molar-refractivity contribution in [3.8, 4) is 16.9 Å². The van der Waals surface area contributed by atoms with Crippen molar-refractivity contribution < 1.29 is 15.0 Å². The molecule has 1 aromatic carbocycles. The summed E-state index contributed by atoms with van der Waals surface area (Å²) in [6.07, 6.45) is 0. The van der Waals surface area contributed by atoms with Crippen molar-refractivity contribution in [3.05, 3.63) is 40.1 Å². The van der Waals surface area contributed by atoms with Gasteiger partial charge in [-0.25, -0.2) is 4.79 Å². The molecule has 1 aromatic heterocycles. The first-order valence-corrected chi connectivity index (χ1v) is 5.57. The Bertz CT molecular complexity index is 543. The van der Waals surface area contributed by atoms with E-state index >= 15 is 0 Å². The van der Waals surface area contributed by atoms with Gasteiger partial charge in [0.2, 0.25) is 0 Å². The van der Waals surface area contributed by atoms with E-state index in [-0.39, 0.29) is 11.3 Å². The van der Waals surface area contributed by atoms with Crippen molar-refractivity contribution in [1.29, 1.82) is 0 Å². The molecule has 2 rings (SSSR count). The van der Waals surface area contributed by atoms with Crippen molar-refractivity contribution in [2.24, 2.45) is 0 Å². The summed E-state index contributed by atoms with van der Waals surface area (Å²) >= 11 is 1.61. The highest BCUT2D eigenvalue weighted by molar-refractivity contribution is 7.10. The maximum atomic E-state index is 10.9. The van der Waals surface area contributed by atoms with E-state index in [1.165, 1.54) is 17.0 Å². The highest BCUT2D eigenvalue weighted by Gasteiger charge is 2.11. The van der Waals surface area contributed by atoms with E-state index in [2.05, 4.69) is 0 Å². The van der Waals surface area contributed by atoms with E-state index in [4.69, 9.17) is 5.11 Å². The molecule has 0 radical (unpaired) electrons. The number of carboxylic acid groups (broad SMARTS) is 1. The Labute approximate surface area is 96.6 Å². The standard InChI is InChI=1S/C12H10O3S/c1-7-4-9(6-16-7)8-2-3-11(13)10(5-8)12(14)15/h2-6,13H,1H3,(H,14,15). The Kier molecular flexibility index (Phi) is 2.66. The lowest BCUT2D eigenvalue weighted by atomic mass is 10.0. The molecule has 0 saturated carbocycles. The van der Waals surface area contributed by atoms with E-state index in [1.807, 2.05) is 18.4 Å². The van der Waals surface area contributed by atoms with E-state index in [0.29, 0.717) is 0 Å². The average molecular weight is 234 g/mol. The van der Waals surface area contributed by atoms with Gasteiger partial charge in [0.1, 0.15) is 11.3 Å². The summed E-state index contributed by atoms with van der Waals surface area (Å²) in [5.41, 5.74) is 1.71. The molecule has 0 amide bonds. The topological polar surface area (TPSA) is 57.5 Å². The molecular weight excluding hydrogens is 224 g/mol. The number of rotatable bonds is 2. The Balaban J connectivity index is 2.51. The van der Waals surface area contributed by atoms with E-state index in [0.717, 1.165) is 11.1 Å². The fraction of sp³-hybridized carbons (Fsp3) is 0.0833. The van der Waals surface area contributed by atoms with Gasteiger partial charge in [0.05, 0.1) is 0 Å². The molecular formula is C12H10O3S. The lowest BCUT2D eigenvalue weighted by Gasteiger charge is -2.02. The molecule has 3 nitrogen and oxygen atoms in total. The maximum Gasteiger partial charge on any atom is 0.339 e.